The molecule has 1 heterocycles. The molecule has 68 valence electrons. The van der Waals surface area contributed by atoms with Gasteiger partial charge in [0.15, 0.2) is 5.58 Å². The number of benzene rings is 1. The highest BCUT2D eigenvalue weighted by Crippen LogP contribution is 2.13. The van der Waals surface area contributed by atoms with Crippen molar-refractivity contribution in [3.05, 3.63) is 30.2 Å². The highest BCUT2D eigenvalue weighted by molar-refractivity contribution is 5.86. The Morgan fingerprint density at radius 3 is 2.69 bits per heavy atom. The van der Waals surface area contributed by atoms with E-state index in [1.54, 1.807) is 24.3 Å². The Balaban J connectivity index is 0.000000845. The first kappa shape index (κ1) is 9.54. The minimum absolute atomic E-state index is 0. The van der Waals surface area contributed by atoms with E-state index in [-0.39, 0.29) is 18.3 Å². The van der Waals surface area contributed by atoms with Gasteiger partial charge in [-0.05, 0) is 12.1 Å². The molecule has 0 saturated carbocycles. The summed E-state index contributed by atoms with van der Waals surface area (Å²) in [4.78, 5) is 14.2. The fraction of sp³-hybridized carbons (Fsp3) is 0. The molecule has 1 aromatic heterocycles. The smallest absolute Gasteiger partial charge is 0.392 e. The maximum Gasteiger partial charge on any atom is 0.392 e. The van der Waals surface area contributed by atoms with Crippen molar-refractivity contribution in [1.82, 2.24) is 4.98 Å². The molecule has 0 bridgehead atoms. The lowest BCUT2D eigenvalue weighted by Crippen LogP contribution is -1.94. The first-order valence-electron chi connectivity index (χ1n) is 3.36. The Morgan fingerprint density at radius 2 is 2.08 bits per heavy atom. The number of carbonyl (C=O) groups is 1. The van der Waals surface area contributed by atoms with Crippen LogP contribution in [0, 0.1) is 0 Å². The maximum absolute atomic E-state index is 10.4. The number of rotatable bonds is 1. The zero-order valence-corrected chi connectivity index (χ0v) is 7.25. The molecule has 2 aromatic rings. The highest BCUT2D eigenvalue weighted by atomic mass is 35.5. The Morgan fingerprint density at radius 1 is 1.38 bits per heavy atom. The van der Waals surface area contributed by atoms with Crippen LogP contribution >= 0.6 is 12.4 Å². The molecule has 0 spiro atoms. The number of hydrogen-bond acceptors (Lipinski definition) is 3. The Labute approximate surface area is 79.6 Å². The molecule has 13 heavy (non-hydrogen) atoms. The number of hydrogen-bond donors (Lipinski definition) is 1. The van der Waals surface area contributed by atoms with Crippen LogP contribution in [-0.4, -0.2) is 16.1 Å². The van der Waals surface area contributed by atoms with E-state index in [2.05, 4.69) is 4.98 Å². The zero-order chi connectivity index (χ0) is 8.55. The molecule has 0 aliphatic heterocycles. The van der Waals surface area contributed by atoms with Crippen LogP contribution in [0.15, 0.2) is 28.7 Å². The fourth-order valence-corrected chi connectivity index (χ4v) is 0.964. The number of aromatic carboxylic acids is 1. The summed E-state index contributed by atoms with van der Waals surface area (Å²) < 4.78 is 4.92. The molecule has 5 heteroatoms. The number of oxazole rings is 1. The van der Waals surface area contributed by atoms with Crippen LogP contribution < -0.4 is 0 Å². The summed E-state index contributed by atoms with van der Waals surface area (Å²) in [6.45, 7) is 0. The lowest BCUT2D eigenvalue weighted by Gasteiger charge is -1.80. The van der Waals surface area contributed by atoms with Crippen molar-refractivity contribution < 1.29 is 14.3 Å². The zero-order valence-electron chi connectivity index (χ0n) is 6.43. The fourth-order valence-electron chi connectivity index (χ4n) is 0.964. The minimum Gasteiger partial charge on any atom is -0.474 e. The van der Waals surface area contributed by atoms with Crippen molar-refractivity contribution >= 4 is 29.5 Å². The predicted molar refractivity (Wildman–Crippen MR) is 48.2 cm³/mol. The molecule has 1 aromatic carbocycles. The molecule has 0 aliphatic carbocycles. The topological polar surface area (TPSA) is 63.3 Å². The van der Waals surface area contributed by atoms with Crippen molar-refractivity contribution in [3.8, 4) is 0 Å². The maximum atomic E-state index is 10.4. The Kier molecular flexibility index (Phi) is 2.53. The lowest BCUT2D eigenvalue weighted by molar-refractivity contribution is 0.0656. The molecular weight excluding hydrogens is 194 g/mol. The monoisotopic (exact) mass is 199 g/mol. The summed E-state index contributed by atoms with van der Waals surface area (Å²) in [5.74, 6) is -1.41. The lowest BCUT2D eigenvalue weighted by atomic mass is 10.3. The van der Waals surface area contributed by atoms with Crippen LogP contribution in [0.25, 0.3) is 11.1 Å². The van der Waals surface area contributed by atoms with Gasteiger partial charge in [-0.25, -0.2) is 9.78 Å². The van der Waals surface area contributed by atoms with Gasteiger partial charge < -0.3 is 9.52 Å². The first-order chi connectivity index (χ1) is 5.77. The molecule has 0 unspecified atom stereocenters. The van der Waals surface area contributed by atoms with Crippen molar-refractivity contribution in [2.75, 3.05) is 0 Å². The number of carboxylic acid groups (broad SMARTS) is 1. The van der Waals surface area contributed by atoms with Crippen molar-refractivity contribution in [3.63, 3.8) is 0 Å². The van der Waals surface area contributed by atoms with E-state index >= 15 is 0 Å². The van der Waals surface area contributed by atoms with E-state index in [0.29, 0.717) is 11.1 Å². The van der Waals surface area contributed by atoms with Gasteiger partial charge in [0.25, 0.3) is 0 Å². The van der Waals surface area contributed by atoms with Gasteiger partial charge in [0.1, 0.15) is 5.52 Å². The van der Waals surface area contributed by atoms with Crippen LogP contribution in [0.1, 0.15) is 10.7 Å². The van der Waals surface area contributed by atoms with Gasteiger partial charge in [-0.2, -0.15) is 0 Å². The third-order valence-electron chi connectivity index (χ3n) is 1.48. The van der Waals surface area contributed by atoms with Gasteiger partial charge in [-0.3, -0.25) is 0 Å². The normalized spacial score (nSPS) is 9.54. The number of carboxylic acids is 1. The molecule has 0 amide bonds. The van der Waals surface area contributed by atoms with Gasteiger partial charge in [-0.1, -0.05) is 12.1 Å². The molecular formula is C8H6ClNO3. The summed E-state index contributed by atoms with van der Waals surface area (Å²) in [5, 5.41) is 8.53. The minimum atomic E-state index is -1.15. The van der Waals surface area contributed by atoms with Crippen LogP contribution in [0.5, 0.6) is 0 Å². The van der Waals surface area contributed by atoms with Crippen LogP contribution in [0.3, 0.4) is 0 Å². The van der Waals surface area contributed by atoms with Gasteiger partial charge in [0.2, 0.25) is 0 Å². The van der Waals surface area contributed by atoms with E-state index in [1.807, 2.05) is 0 Å². The second-order valence-electron chi connectivity index (χ2n) is 2.29. The SMILES string of the molecule is Cl.O=C(O)c1nc2ccccc2o1. The standard InChI is InChI=1S/C8H5NO3.ClH/c10-8(11)7-9-5-3-1-2-4-6(5)12-7;/h1-4H,(H,10,11);1H. The van der Waals surface area contributed by atoms with Crippen LogP contribution in [0.2, 0.25) is 0 Å². The van der Waals surface area contributed by atoms with Gasteiger partial charge in [-0.15, -0.1) is 12.4 Å². The summed E-state index contributed by atoms with van der Waals surface area (Å²) in [5.41, 5.74) is 1.06. The van der Waals surface area contributed by atoms with E-state index < -0.39 is 5.97 Å². The molecule has 4 nitrogen and oxygen atoms in total. The summed E-state index contributed by atoms with van der Waals surface area (Å²) in [7, 11) is 0. The van der Waals surface area contributed by atoms with Crippen LogP contribution in [-0.2, 0) is 0 Å². The second-order valence-corrected chi connectivity index (χ2v) is 2.29. The predicted octanol–water partition coefficient (Wildman–Crippen LogP) is 1.95. The number of aromatic nitrogens is 1. The average Bonchev–Trinajstić information content (AvgIpc) is 2.46. The Hall–Kier alpha value is -1.55. The van der Waals surface area contributed by atoms with E-state index in [1.165, 1.54) is 0 Å². The summed E-state index contributed by atoms with van der Waals surface area (Å²) in [6, 6.07) is 6.91. The van der Waals surface area contributed by atoms with Gasteiger partial charge in [0, 0.05) is 0 Å². The van der Waals surface area contributed by atoms with Crippen LogP contribution in [0.4, 0.5) is 0 Å². The van der Waals surface area contributed by atoms with Gasteiger partial charge >= 0.3 is 11.9 Å². The van der Waals surface area contributed by atoms with Crippen molar-refractivity contribution in [2.45, 2.75) is 0 Å². The Bertz CT molecular complexity index is 405. The molecule has 1 N–H and O–H groups in total. The van der Waals surface area contributed by atoms with E-state index in [4.69, 9.17) is 9.52 Å². The number of halogens is 1. The second kappa shape index (κ2) is 3.45. The van der Waals surface area contributed by atoms with Crippen molar-refractivity contribution in [2.24, 2.45) is 0 Å². The van der Waals surface area contributed by atoms with E-state index in [0.717, 1.165) is 0 Å². The average molecular weight is 200 g/mol. The van der Waals surface area contributed by atoms with Crippen molar-refractivity contribution in [1.29, 1.82) is 0 Å². The number of para-hydroxylation sites is 2. The molecule has 0 atom stereocenters. The highest BCUT2D eigenvalue weighted by Gasteiger charge is 2.10. The molecule has 0 radical (unpaired) electrons. The number of fused-ring (bicyclic) bond motifs is 1. The molecule has 0 fully saturated rings. The third-order valence-corrected chi connectivity index (χ3v) is 1.48. The molecule has 0 aliphatic rings. The number of nitrogens with zero attached hydrogens (tertiary/aromatic N) is 1. The van der Waals surface area contributed by atoms with Gasteiger partial charge in [0.05, 0.1) is 0 Å². The summed E-state index contributed by atoms with van der Waals surface area (Å²) >= 11 is 0. The summed E-state index contributed by atoms with van der Waals surface area (Å²) in [6.07, 6.45) is 0. The largest absolute Gasteiger partial charge is 0.474 e. The molecule has 2 rings (SSSR count). The third kappa shape index (κ3) is 1.62. The van der Waals surface area contributed by atoms with E-state index in [9.17, 15) is 4.79 Å². The first-order valence-corrected chi connectivity index (χ1v) is 3.36. The molecule has 0 saturated heterocycles. The quantitative estimate of drug-likeness (QED) is 0.763.